The van der Waals surface area contributed by atoms with Crippen LogP contribution in [0.2, 0.25) is 0 Å². The minimum Gasteiger partial charge on any atom is -0.394 e. The van der Waals surface area contributed by atoms with Gasteiger partial charge in [-0.15, -0.1) is 0 Å². The molecule has 3 unspecified atom stereocenters. The highest BCUT2D eigenvalue weighted by Gasteiger charge is 2.59. The molecule has 1 aromatic rings. The summed E-state index contributed by atoms with van der Waals surface area (Å²) >= 11 is 0. The van der Waals surface area contributed by atoms with Gasteiger partial charge in [0.25, 0.3) is 5.56 Å². The van der Waals surface area contributed by atoms with E-state index < -0.39 is 42.2 Å². The molecule has 3 N–H and O–H groups in total. The van der Waals surface area contributed by atoms with Crippen molar-refractivity contribution in [1.29, 1.82) is 0 Å². The summed E-state index contributed by atoms with van der Waals surface area (Å²) in [6, 6.07) is 0.874. The molecule has 3 atom stereocenters. The van der Waals surface area contributed by atoms with Gasteiger partial charge in [0.2, 0.25) is 6.23 Å². The fourth-order valence-corrected chi connectivity index (χ4v) is 1.73. The van der Waals surface area contributed by atoms with Gasteiger partial charge in [-0.1, -0.05) is 0 Å². The lowest BCUT2D eigenvalue weighted by molar-refractivity contribution is -0.141. The molecule has 0 radical (unpaired) electrons. The Bertz CT molecular complexity index is 554. The highest BCUT2D eigenvalue weighted by Crippen LogP contribution is 2.41. The lowest BCUT2D eigenvalue weighted by atomic mass is 10.1. The molecule has 0 amide bonds. The fourth-order valence-electron chi connectivity index (χ4n) is 1.73. The number of aliphatic hydroxyl groups excluding tert-OH is 2. The Kier molecular flexibility index (Phi) is 3.05. The highest BCUT2D eigenvalue weighted by atomic mass is 19.3. The van der Waals surface area contributed by atoms with E-state index in [4.69, 9.17) is 9.84 Å². The number of H-pyrrole nitrogens is 1. The molecule has 1 saturated heterocycles. The lowest BCUT2D eigenvalue weighted by Crippen LogP contribution is -2.42. The molecule has 9 heteroatoms. The molecule has 0 saturated carbocycles. The standard InChI is InChI=1S/C9H10F2N2O5/c10-9(11)6(16)4(3-14)18-7(9)13-2-1-5(15)12-8(13)17/h1-2,4,6-7,14,16H,3H2,(H,12,15,17)/i8+1,12+1,13+1. The second-order valence-corrected chi connectivity index (χ2v) is 3.85. The Morgan fingerprint density at radius 2 is 2.17 bits per heavy atom. The van der Waals surface area contributed by atoms with Gasteiger partial charge in [-0.25, -0.2) is 4.79 Å². The maximum absolute atomic E-state index is 13.7. The number of ether oxygens (including phenoxy) is 1. The SMILES string of the molecule is O=c1cc[15n](C2OC(CO)C(O)C2(F)F)[13c](=O)[15nH]1. The van der Waals surface area contributed by atoms with Crippen LogP contribution in [0.15, 0.2) is 21.9 Å². The third-order valence-corrected chi connectivity index (χ3v) is 2.66. The number of hydrogen-bond donors (Lipinski definition) is 3. The Labute approximate surface area is 98.3 Å². The van der Waals surface area contributed by atoms with Gasteiger partial charge in [0, 0.05) is 12.3 Å². The molecule has 0 aromatic carbocycles. The molecule has 100 valence electrons. The topological polar surface area (TPSA) is 105 Å². The van der Waals surface area contributed by atoms with Crippen molar-refractivity contribution in [3.05, 3.63) is 33.1 Å². The Hall–Kier alpha value is -1.58. The van der Waals surface area contributed by atoms with Crippen molar-refractivity contribution in [3.8, 4) is 0 Å². The number of aromatic amines is 1. The molecule has 0 bridgehead atoms. The van der Waals surface area contributed by atoms with E-state index in [-0.39, 0.29) is 0 Å². The van der Waals surface area contributed by atoms with E-state index >= 15 is 0 Å². The van der Waals surface area contributed by atoms with Gasteiger partial charge in [0.15, 0.2) is 6.10 Å². The smallest absolute Gasteiger partial charge is 0.330 e. The second-order valence-electron chi connectivity index (χ2n) is 3.85. The number of nitrogens with one attached hydrogen (secondary N) is 1. The van der Waals surface area contributed by atoms with Crippen LogP contribution in [-0.4, -0.2) is 44.5 Å². The van der Waals surface area contributed by atoms with Crippen molar-refractivity contribution < 1.29 is 23.7 Å². The Morgan fingerprint density at radius 1 is 1.50 bits per heavy atom. The quantitative estimate of drug-likeness (QED) is 0.600. The maximum atomic E-state index is 13.7. The van der Waals surface area contributed by atoms with Crippen LogP contribution in [-0.2, 0) is 4.74 Å². The van der Waals surface area contributed by atoms with Crippen LogP contribution < -0.4 is 11.2 Å². The monoisotopic (exact) mass is 267 g/mol. The molecule has 1 fully saturated rings. The van der Waals surface area contributed by atoms with Crippen molar-refractivity contribution >= 4 is 0 Å². The number of nitrogens with zero attached hydrogens (tertiary/aromatic N) is 1. The van der Waals surface area contributed by atoms with Crippen molar-refractivity contribution in [2.45, 2.75) is 24.4 Å². The van der Waals surface area contributed by atoms with Gasteiger partial charge in [-0.05, 0) is 0 Å². The van der Waals surface area contributed by atoms with E-state index in [1.54, 1.807) is 4.98 Å². The molecular formula is C9H10F2N2O5. The average Bonchev–Trinajstić information content (AvgIpc) is 2.52. The van der Waals surface area contributed by atoms with Crippen LogP contribution in [0.5, 0.6) is 0 Å². The predicted octanol–water partition coefficient (Wildman–Crippen LogP) is -1.58. The van der Waals surface area contributed by atoms with E-state index in [9.17, 15) is 23.5 Å². The molecular weight excluding hydrogens is 257 g/mol. The zero-order valence-electron chi connectivity index (χ0n) is 8.92. The van der Waals surface area contributed by atoms with Gasteiger partial charge in [-0.2, -0.15) is 8.78 Å². The normalized spacial score (nSPS) is 30.6. The van der Waals surface area contributed by atoms with E-state index in [0.717, 1.165) is 12.3 Å². The van der Waals surface area contributed by atoms with Gasteiger partial charge < -0.3 is 14.9 Å². The van der Waals surface area contributed by atoms with Gasteiger partial charge >= 0.3 is 11.6 Å². The number of aliphatic hydroxyl groups is 2. The van der Waals surface area contributed by atoms with Crippen molar-refractivity contribution in [1.82, 2.24) is 9.55 Å². The number of alkyl halides is 2. The molecule has 7 nitrogen and oxygen atoms in total. The number of hydrogen-bond acceptors (Lipinski definition) is 5. The van der Waals surface area contributed by atoms with Crippen LogP contribution in [0.4, 0.5) is 8.78 Å². The Balaban J connectivity index is 2.45. The first-order chi connectivity index (χ1) is 8.37. The van der Waals surface area contributed by atoms with Crippen LogP contribution in [0.25, 0.3) is 0 Å². The lowest BCUT2D eigenvalue weighted by Gasteiger charge is -2.20. The van der Waals surface area contributed by atoms with Gasteiger partial charge in [0.05, 0.1) is 6.61 Å². The minimum absolute atomic E-state index is 0.459. The summed E-state index contributed by atoms with van der Waals surface area (Å²) in [5.41, 5.74) is -1.82. The molecule has 2 heterocycles. The molecule has 0 spiro atoms. The second kappa shape index (κ2) is 4.26. The number of aromatic nitrogens is 2. The summed E-state index contributed by atoms with van der Waals surface area (Å²) in [5.74, 6) is -3.75. The molecule has 0 aliphatic carbocycles. The van der Waals surface area contributed by atoms with Crippen LogP contribution >= 0.6 is 0 Å². The predicted molar refractivity (Wildman–Crippen MR) is 53.3 cm³/mol. The summed E-state index contributed by atoms with van der Waals surface area (Å²) in [6.45, 7) is -0.814. The van der Waals surface area contributed by atoms with Crippen LogP contribution in [0, 0.1) is 0 Å². The number of rotatable bonds is 2. The van der Waals surface area contributed by atoms with Crippen molar-refractivity contribution in [2.24, 2.45) is 0 Å². The summed E-state index contributed by atoms with van der Waals surface area (Å²) in [7, 11) is 0. The third kappa shape index (κ3) is 1.85. The molecule has 1 aliphatic rings. The van der Waals surface area contributed by atoms with E-state index in [0.29, 0.717) is 4.57 Å². The van der Waals surface area contributed by atoms with Crippen molar-refractivity contribution in [3.63, 3.8) is 0 Å². The van der Waals surface area contributed by atoms with Gasteiger partial charge in [0.1, 0.15) is 6.10 Å². The van der Waals surface area contributed by atoms with Crippen molar-refractivity contribution in [2.75, 3.05) is 6.61 Å². The third-order valence-electron chi connectivity index (χ3n) is 2.66. The molecule has 18 heavy (non-hydrogen) atoms. The highest BCUT2D eigenvalue weighted by molar-refractivity contribution is 4.97. The fraction of sp³-hybridized carbons (Fsp3) is 0.556. The molecule has 1 aliphatic heterocycles. The number of halogens is 2. The zero-order valence-corrected chi connectivity index (χ0v) is 8.92. The summed E-state index contributed by atoms with van der Waals surface area (Å²) in [5, 5.41) is 18.1. The molecule has 1 aromatic heterocycles. The average molecular weight is 267 g/mol. The summed E-state index contributed by atoms with van der Waals surface area (Å²) in [6.07, 6.45) is -4.96. The van der Waals surface area contributed by atoms with E-state index in [1.165, 1.54) is 0 Å². The van der Waals surface area contributed by atoms with Crippen LogP contribution in [0.1, 0.15) is 6.23 Å². The zero-order chi connectivity index (χ0) is 13.5. The maximum Gasteiger partial charge on any atom is 0.330 e. The van der Waals surface area contributed by atoms with Gasteiger partial charge in [-0.3, -0.25) is 14.3 Å². The Morgan fingerprint density at radius 3 is 2.67 bits per heavy atom. The molecule has 2 rings (SSSR count). The van der Waals surface area contributed by atoms with E-state index in [1.807, 2.05) is 0 Å². The minimum atomic E-state index is -3.75. The van der Waals surface area contributed by atoms with E-state index in [2.05, 4.69) is 0 Å². The van der Waals surface area contributed by atoms with Crippen LogP contribution in [0.3, 0.4) is 0 Å². The summed E-state index contributed by atoms with van der Waals surface area (Å²) in [4.78, 5) is 24.0. The largest absolute Gasteiger partial charge is 0.394 e. The first-order valence-electron chi connectivity index (χ1n) is 5.01. The first kappa shape index (κ1) is 12.9. The first-order valence-corrected chi connectivity index (χ1v) is 5.01. The summed E-state index contributed by atoms with van der Waals surface area (Å²) < 4.78 is 32.5.